The van der Waals surface area contributed by atoms with Crippen LogP contribution in [0.25, 0.3) is 11.1 Å². The second kappa shape index (κ2) is 8.70. The summed E-state index contributed by atoms with van der Waals surface area (Å²) in [5.41, 5.74) is 1.13. The third-order valence-electron chi connectivity index (χ3n) is 4.65. The van der Waals surface area contributed by atoms with Crippen molar-refractivity contribution in [3.63, 3.8) is 0 Å². The van der Waals surface area contributed by atoms with Crippen molar-refractivity contribution in [2.45, 2.75) is 31.6 Å². The van der Waals surface area contributed by atoms with E-state index in [0.29, 0.717) is 18.1 Å². The number of rotatable bonds is 8. The Bertz CT molecular complexity index is 1050. The Balaban J connectivity index is 2.32. The monoisotopic (exact) mass is 427 g/mol. The van der Waals surface area contributed by atoms with Gasteiger partial charge in [-0.15, -0.1) is 0 Å². The van der Waals surface area contributed by atoms with Crippen LogP contribution in [0.3, 0.4) is 0 Å². The Morgan fingerprint density at radius 1 is 1.41 bits per heavy atom. The summed E-state index contributed by atoms with van der Waals surface area (Å²) in [6.07, 6.45) is 2.81. The summed E-state index contributed by atoms with van der Waals surface area (Å²) in [6, 6.07) is 4.18. The van der Waals surface area contributed by atoms with Crippen molar-refractivity contribution in [1.29, 1.82) is 0 Å². The molecule has 2 rings (SSSR count). The third kappa shape index (κ3) is 4.80. The highest BCUT2D eigenvalue weighted by molar-refractivity contribution is 7.92. The van der Waals surface area contributed by atoms with Crippen molar-refractivity contribution < 1.29 is 27.5 Å². The van der Waals surface area contributed by atoms with E-state index in [1.807, 2.05) is 0 Å². The van der Waals surface area contributed by atoms with Crippen LogP contribution in [0.15, 0.2) is 35.4 Å². The van der Waals surface area contributed by atoms with Crippen LogP contribution < -0.4 is 15.8 Å². The number of hydrogen-bond acceptors (Lipinski definition) is 7. The molecule has 0 saturated carbocycles. The quantitative estimate of drug-likeness (QED) is 0.478. The van der Waals surface area contributed by atoms with Crippen LogP contribution in [0.4, 0.5) is 4.39 Å². The van der Waals surface area contributed by atoms with Gasteiger partial charge in [0.25, 0.3) is 11.5 Å². The number of hydrogen-bond donors (Lipinski definition) is 2. The molecule has 0 bridgehead atoms. The lowest BCUT2D eigenvalue weighted by Crippen LogP contribution is -2.50. The van der Waals surface area contributed by atoms with E-state index in [1.165, 1.54) is 11.7 Å². The number of sulfone groups is 1. The second-order valence-electron chi connectivity index (χ2n) is 6.58. The summed E-state index contributed by atoms with van der Waals surface area (Å²) in [5, 5.41) is 8.84. The van der Waals surface area contributed by atoms with Gasteiger partial charge in [0.15, 0.2) is 14.6 Å². The number of pyridine rings is 2. The van der Waals surface area contributed by atoms with Gasteiger partial charge in [0, 0.05) is 48.5 Å². The Kier molecular flexibility index (Phi) is 6.75. The van der Waals surface area contributed by atoms with Gasteiger partial charge >= 0.3 is 0 Å². The fourth-order valence-electron chi connectivity index (χ4n) is 2.63. The molecular weight excluding hydrogens is 405 g/mol. The molecule has 158 valence electrons. The molecule has 0 aromatic carbocycles. The third-order valence-corrected chi connectivity index (χ3v) is 6.67. The number of carbonyl (C=O) groups is 1. The standard InChI is InChI=1S/C18H22FN3O6S/c1-4-28-15-6-5-12(10-20-15)13-9-16(23)22(11-14(13)19)8-7-18(2,17(24)21-25)29(3,26)27/h5-6,9-11,25H,4,7-8H2,1-3H3,(H,21,24). The van der Waals surface area contributed by atoms with E-state index in [4.69, 9.17) is 9.94 Å². The number of halogens is 1. The molecule has 0 aliphatic carbocycles. The predicted octanol–water partition coefficient (Wildman–Crippen LogP) is 1.15. The highest BCUT2D eigenvalue weighted by Crippen LogP contribution is 2.24. The van der Waals surface area contributed by atoms with Crippen LogP contribution in [0.2, 0.25) is 0 Å². The van der Waals surface area contributed by atoms with Crippen molar-refractivity contribution in [2.24, 2.45) is 0 Å². The molecule has 1 unspecified atom stereocenters. The molecule has 29 heavy (non-hydrogen) atoms. The lowest BCUT2D eigenvalue weighted by Gasteiger charge is -2.25. The molecule has 0 aliphatic heterocycles. The molecule has 2 aromatic rings. The Morgan fingerprint density at radius 2 is 2.10 bits per heavy atom. The lowest BCUT2D eigenvalue weighted by atomic mass is 10.1. The van der Waals surface area contributed by atoms with Crippen molar-refractivity contribution in [3.8, 4) is 17.0 Å². The SMILES string of the molecule is CCOc1ccc(-c2cc(=O)n(CCC(C)(C(=O)NO)S(C)(=O)=O)cc2F)cn1. The molecule has 0 fully saturated rings. The number of nitrogens with one attached hydrogen (secondary N) is 1. The number of amides is 1. The fraction of sp³-hybridized carbons (Fsp3) is 0.389. The number of hydroxylamine groups is 1. The molecule has 1 atom stereocenters. The highest BCUT2D eigenvalue weighted by Gasteiger charge is 2.43. The van der Waals surface area contributed by atoms with Crippen molar-refractivity contribution >= 4 is 15.7 Å². The Hall–Kier alpha value is -2.79. The van der Waals surface area contributed by atoms with Gasteiger partial charge in [-0.2, -0.15) is 0 Å². The highest BCUT2D eigenvalue weighted by atomic mass is 32.2. The first-order valence-corrected chi connectivity index (χ1v) is 10.6. The normalized spacial score (nSPS) is 13.6. The van der Waals surface area contributed by atoms with E-state index in [1.54, 1.807) is 19.1 Å². The first-order valence-electron chi connectivity index (χ1n) is 8.67. The molecule has 0 saturated heterocycles. The molecule has 11 heteroatoms. The predicted molar refractivity (Wildman–Crippen MR) is 103 cm³/mol. The first kappa shape index (κ1) is 22.5. The molecule has 2 N–H and O–H groups in total. The number of aromatic nitrogens is 2. The van der Waals surface area contributed by atoms with Gasteiger partial charge in [0.05, 0.1) is 6.61 Å². The molecule has 2 heterocycles. The molecule has 0 radical (unpaired) electrons. The smallest absolute Gasteiger partial charge is 0.264 e. The minimum absolute atomic E-state index is 0.0285. The van der Waals surface area contributed by atoms with Crippen molar-refractivity contribution in [3.05, 3.63) is 46.8 Å². The number of aryl methyl sites for hydroxylation is 1. The fourth-order valence-corrected chi connectivity index (χ4v) is 3.48. The molecular formula is C18H22FN3O6S. The Morgan fingerprint density at radius 3 is 2.62 bits per heavy atom. The molecule has 0 spiro atoms. The summed E-state index contributed by atoms with van der Waals surface area (Å²) in [6.45, 7) is 3.09. The van der Waals surface area contributed by atoms with Gasteiger partial charge in [-0.05, 0) is 26.3 Å². The van der Waals surface area contributed by atoms with Gasteiger partial charge in [-0.3, -0.25) is 14.8 Å². The Labute approximate surface area is 167 Å². The summed E-state index contributed by atoms with van der Waals surface area (Å²) in [7, 11) is -3.93. The van der Waals surface area contributed by atoms with E-state index in [2.05, 4.69) is 4.98 Å². The molecule has 2 aromatic heterocycles. The van der Waals surface area contributed by atoms with Gasteiger partial charge in [0.1, 0.15) is 5.82 Å². The van der Waals surface area contributed by atoms with E-state index in [-0.39, 0.29) is 18.5 Å². The van der Waals surface area contributed by atoms with Crippen LogP contribution in [0, 0.1) is 5.82 Å². The largest absolute Gasteiger partial charge is 0.478 e. The lowest BCUT2D eigenvalue weighted by molar-refractivity contribution is -0.131. The van der Waals surface area contributed by atoms with E-state index in [9.17, 15) is 22.4 Å². The molecule has 0 aliphatic rings. The summed E-state index contributed by atoms with van der Waals surface area (Å²) in [5.74, 6) is -1.49. The minimum Gasteiger partial charge on any atom is -0.478 e. The van der Waals surface area contributed by atoms with Crippen LogP contribution in [0.5, 0.6) is 5.88 Å². The van der Waals surface area contributed by atoms with Crippen LogP contribution in [-0.4, -0.2) is 46.7 Å². The maximum absolute atomic E-state index is 14.6. The zero-order chi connectivity index (χ0) is 21.8. The topological polar surface area (TPSA) is 128 Å². The second-order valence-corrected chi connectivity index (χ2v) is 9.02. The summed E-state index contributed by atoms with van der Waals surface area (Å²) in [4.78, 5) is 28.3. The van der Waals surface area contributed by atoms with Gasteiger partial charge in [0.2, 0.25) is 5.88 Å². The zero-order valence-electron chi connectivity index (χ0n) is 16.2. The molecule has 9 nitrogen and oxygen atoms in total. The van der Waals surface area contributed by atoms with E-state index in [0.717, 1.165) is 30.0 Å². The summed E-state index contributed by atoms with van der Waals surface area (Å²) >= 11 is 0. The van der Waals surface area contributed by atoms with Crippen molar-refractivity contribution in [1.82, 2.24) is 15.0 Å². The van der Waals surface area contributed by atoms with E-state index >= 15 is 0 Å². The van der Waals surface area contributed by atoms with Gasteiger partial charge < -0.3 is 9.30 Å². The zero-order valence-corrected chi connectivity index (χ0v) is 17.0. The average Bonchev–Trinajstić information content (AvgIpc) is 2.67. The minimum atomic E-state index is -3.93. The van der Waals surface area contributed by atoms with Gasteiger partial charge in [-0.25, -0.2) is 23.3 Å². The maximum Gasteiger partial charge on any atom is 0.264 e. The number of carbonyl (C=O) groups excluding carboxylic acids is 1. The summed E-state index contributed by atoms with van der Waals surface area (Å²) < 4.78 is 42.8. The average molecular weight is 427 g/mol. The molecule has 1 amide bonds. The van der Waals surface area contributed by atoms with Crippen LogP contribution in [-0.2, 0) is 21.2 Å². The van der Waals surface area contributed by atoms with Crippen molar-refractivity contribution in [2.75, 3.05) is 12.9 Å². The number of ether oxygens (including phenoxy) is 1. The van der Waals surface area contributed by atoms with E-state index < -0.39 is 31.9 Å². The first-order chi connectivity index (χ1) is 13.5. The van der Waals surface area contributed by atoms with Gasteiger partial charge in [-0.1, -0.05) is 0 Å². The van der Waals surface area contributed by atoms with Crippen LogP contribution in [0.1, 0.15) is 20.3 Å². The van der Waals surface area contributed by atoms with Crippen LogP contribution >= 0.6 is 0 Å². The number of nitrogens with zero attached hydrogens (tertiary/aromatic N) is 2. The maximum atomic E-state index is 14.6.